The molecule has 0 radical (unpaired) electrons. The fourth-order valence-electron chi connectivity index (χ4n) is 1.96. The molecule has 1 aromatic rings. The fourth-order valence-corrected chi connectivity index (χ4v) is 1.96. The minimum absolute atomic E-state index is 0.521. The van der Waals surface area contributed by atoms with Gasteiger partial charge in [-0.15, -0.1) is 0 Å². The van der Waals surface area contributed by atoms with Crippen LogP contribution in [0.15, 0.2) is 24.3 Å². The first-order chi connectivity index (χ1) is 10.2. The minimum atomic E-state index is -1.05. The molecule has 0 aliphatic rings. The average molecular weight is 296 g/mol. The summed E-state index contributed by atoms with van der Waals surface area (Å²) in [4.78, 5) is 0. The van der Waals surface area contributed by atoms with E-state index in [1.165, 1.54) is 0 Å². The molecular formula is C17H28O4. The summed E-state index contributed by atoms with van der Waals surface area (Å²) >= 11 is 0. The Labute approximate surface area is 128 Å². The van der Waals surface area contributed by atoms with E-state index in [9.17, 15) is 0 Å². The summed E-state index contributed by atoms with van der Waals surface area (Å²) in [5.41, 5.74) is 0. The summed E-state index contributed by atoms with van der Waals surface area (Å²) in [5, 5.41) is 0. The van der Waals surface area contributed by atoms with Gasteiger partial charge >= 0.3 is 5.97 Å². The highest BCUT2D eigenvalue weighted by Gasteiger charge is 2.33. The van der Waals surface area contributed by atoms with Crippen molar-refractivity contribution in [1.29, 1.82) is 0 Å². The van der Waals surface area contributed by atoms with Crippen LogP contribution in [0.2, 0.25) is 0 Å². The number of hydrogen-bond donors (Lipinski definition) is 0. The first-order valence-corrected chi connectivity index (χ1v) is 7.90. The van der Waals surface area contributed by atoms with Gasteiger partial charge in [-0.2, -0.15) is 0 Å². The van der Waals surface area contributed by atoms with Gasteiger partial charge in [-0.25, -0.2) is 0 Å². The van der Waals surface area contributed by atoms with E-state index in [0.717, 1.165) is 18.6 Å². The van der Waals surface area contributed by atoms with E-state index in [1.807, 2.05) is 45.0 Å². The Bertz CT molecular complexity index is 386. The van der Waals surface area contributed by atoms with Gasteiger partial charge in [-0.3, -0.25) is 0 Å². The number of ether oxygens (including phenoxy) is 4. The van der Waals surface area contributed by atoms with Crippen molar-refractivity contribution in [3.8, 4) is 11.5 Å². The average Bonchev–Trinajstić information content (AvgIpc) is 2.49. The summed E-state index contributed by atoms with van der Waals surface area (Å²) in [5.74, 6) is 0.328. The van der Waals surface area contributed by atoms with E-state index in [0.29, 0.717) is 32.0 Å². The molecule has 120 valence electrons. The molecule has 0 unspecified atom stereocenters. The molecule has 1 rings (SSSR count). The second kappa shape index (κ2) is 9.64. The monoisotopic (exact) mass is 296 g/mol. The lowest BCUT2D eigenvalue weighted by molar-refractivity contribution is -0.341. The van der Waals surface area contributed by atoms with Crippen LogP contribution in [0.4, 0.5) is 0 Å². The predicted molar refractivity (Wildman–Crippen MR) is 83.7 cm³/mol. The van der Waals surface area contributed by atoms with Gasteiger partial charge in [0.2, 0.25) is 0 Å². The smallest absolute Gasteiger partial charge is 0.326 e. The van der Waals surface area contributed by atoms with Crippen LogP contribution in [0.1, 0.15) is 47.0 Å². The van der Waals surface area contributed by atoms with Crippen molar-refractivity contribution in [3.63, 3.8) is 0 Å². The van der Waals surface area contributed by atoms with Gasteiger partial charge in [-0.1, -0.05) is 32.4 Å². The maximum atomic E-state index is 6.02. The quantitative estimate of drug-likeness (QED) is 0.448. The molecule has 4 heteroatoms. The molecule has 0 spiro atoms. The van der Waals surface area contributed by atoms with Crippen LogP contribution in [-0.4, -0.2) is 25.8 Å². The topological polar surface area (TPSA) is 36.9 Å². The Hall–Kier alpha value is -1.26. The van der Waals surface area contributed by atoms with Crippen LogP contribution < -0.4 is 9.47 Å². The maximum Gasteiger partial charge on any atom is 0.326 e. The summed E-state index contributed by atoms with van der Waals surface area (Å²) in [6, 6.07) is 7.64. The minimum Gasteiger partial charge on any atom is -0.490 e. The Morgan fingerprint density at radius 3 is 2.05 bits per heavy atom. The van der Waals surface area contributed by atoms with Crippen LogP contribution in [0.3, 0.4) is 0 Å². The lowest BCUT2D eigenvalue weighted by Crippen LogP contribution is -2.41. The van der Waals surface area contributed by atoms with Gasteiger partial charge in [0.05, 0.1) is 19.8 Å². The van der Waals surface area contributed by atoms with E-state index in [-0.39, 0.29) is 0 Å². The lowest BCUT2D eigenvalue weighted by Gasteiger charge is -2.32. The molecule has 0 fully saturated rings. The first kappa shape index (κ1) is 17.8. The van der Waals surface area contributed by atoms with E-state index in [4.69, 9.17) is 18.9 Å². The van der Waals surface area contributed by atoms with E-state index in [1.54, 1.807) is 0 Å². The van der Waals surface area contributed by atoms with Crippen LogP contribution in [-0.2, 0) is 9.47 Å². The van der Waals surface area contributed by atoms with Gasteiger partial charge < -0.3 is 18.9 Å². The number of para-hydroxylation sites is 2. The number of rotatable bonds is 11. The third-order valence-corrected chi connectivity index (χ3v) is 3.03. The first-order valence-electron chi connectivity index (χ1n) is 7.90. The van der Waals surface area contributed by atoms with Gasteiger partial charge in [-0.05, 0) is 32.4 Å². The zero-order chi connectivity index (χ0) is 15.6. The molecule has 21 heavy (non-hydrogen) atoms. The SMILES string of the molecule is CCCCOc1ccccc1OC(CC)(OCC)OCC. The summed E-state index contributed by atoms with van der Waals surface area (Å²) < 4.78 is 23.2. The Morgan fingerprint density at radius 1 is 0.905 bits per heavy atom. The molecule has 0 heterocycles. The van der Waals surface area contributed by atoms with Gasteiger partial charge in [0.1, 0.15) is 0 Å². The molecule has 0 aromatic heterocycles. The fraction of sp³-hybridized carbons (Fsp3) is 0.647. The molecule has 0 aliphatic carbocycles. The molecule has 0 saturated carbocycles. The zero-order valence-corrected chi connectivity index (χ0v) is 13.7. The van der Waals surface area contributed by atoms with Crippen molar-refractivity contribution in [1.82, 2.24) is 0 Å². The van der Waals surface area contributed by atoms with Gasteiger partial charge in [0.15, 0.2) is 11.5 Å². The highest BCUT2D eigenvalue weighted by Crippen LogP contribution is 2.32. The largest absolute Gasteiger partial charge is 0.490 e. The van der Waals surface area contributed by atoms with Crippen molar-refractivity contribution in [3.05, 3.63) is 24.3 Å². The van der Waals surface area contributed by atoms with Crippen molar-refractivity contribution >= 4 is 0 Å². The van der Waals surface area contributed by atoms with Crippen molar-refractivity contribution in [2.75, 3.05) is 19.8 Å². The van der Waals surface area contributed by atoms with Crippen molar-refractivity contribution in [2.24, 2.45) is 0 Å². The molecule has 1 aromatic carbocycles. The van der Waals surface area contributed by atoms with Crippen molar-refractivity contribution in [2.45, 2.75) is 52.9 Å². The second-order valence-corrected chi connectivity index (χ2v) is 4.65. The predicted octanol–water partition coefficient (Wildman–Crippen LogP) is 4.38. The number of unbranched alkanes of at least 4 members (excludes halogenated alkanes) is 1. The normalized spacial score (nSPS) is 11.4. The summed E-state index contributed by atoms with van der Waals surface area (Å²) in [6.45, 7) is 9.69. The third kappa shape index (κ3) is 5.56. The Balaban J connectivity index is 2.86. The maximum absolute atomic E-state index is 6.02. The van der Waals surface area contributed by atoms with Crippen LogP contribution in [0.5, 0.6) is 11.5 Å². The van der Waals surface area contributed by atoms with Crippen LogP contribution in [0.25, 0.3) is 0 Å². The molecule has 0 bridgehead atoms. The Morgan fingerprint density at radius 2 is 1.52 bits per heavy atom. The highest BCUT2D eigenvalue weighted by molar-refractivity contribution is 5.39. The van der Waals surface area contributed by atoms with E-state index in [2.05, 4.69) is 6.92 Å². The van der Waals surface area contributed by atoms with Gasteiger partial charge in [0, 0.05) is 6.42 Å². The van der Waals surface area contributed by atoms with E-state index < -0.39 is 5.97 Å². The zero-order valence-electron chi connectivity index (χ0n) is 13.7. The van der Waals surface area contributed by atoms with E-state index >= 15 is 0 Å². The highest BCUT2D eigenvalue weighted by atomic mass is 16.9. The third-order valence-electron chi connectivity index (χ3n) is 3.03. The molecule has 0 atom stereocenters. The number of benzene rings is 1. The molecule has 0 saturated heterocycles. The van der Waals surface area contributed by atoms with Crippen LogP contribution >= 0.6 is 0 Å². The molecule has 0 N–H and O–H groups in total. The molecule has 4 nitrogen and oxygen atoms in total. The molecular weight excluding hydrogens is 268 g/mol. The molecule has 0 aliphatic heterocycles. The van der Waals surface area contributed by atoms with Gasteiger partial charge in [0.25, 0.3) is 0 Å². The summed E-state index contributed by atoms with van der Waals surface area (Å²) in [6.07, 6.45) is 2.71. The second-order valence-electron chi connectivity index (χ2n) is 4.65. The Kier molecular flexibility index (Phi) is 8.16. The molecule has 0 amide bonds. The standard InChI is InChI=1S/C17H28O4/c1-5-9-14-18-15-12-10-11-13-16(15)21-17(6-2,19-7-3)20-8-4/h10-13H,5-9,14H2,1-4H3. The number of hydrogen-bond acceptors (Lipinski definition) is 4. The van der Waals surface area contributed by atoms with Crippen molar-refractivity contribution < 1.29 is 18.9 Å². The van der Waals surface area contributed by atoms with Crippen LogP contribution in [0, 0.1) is 0 Å². The summed E-state index contributed by atoms with van der Waals surface area (Å²) in [7, 11) is 0. The lowest BCUT2D eigenvalue weighted by atomic mass is 10.3.